The van der Waals surface area contributed by atoms with Crippen LogP contribution >= 0.6 is 0 Å². The number of aromatic hydroxyl groups is 2. The number of nitrogens with zero attached hydrogens (tertiary/aromatic N) is 5. The smallest absolute Gasteiger partial charge is 0.333 e. The topological polar surface area (TPSA) is 248 Å². The van der Waals surface area contributed by atoms with E-state index in [0.29, 0.717) is 66.1 Å². The lowest BCUT2D eigenvalue weighted by Gasteiger charge is -2.40. The maximum absolute atomic E-state index is 14.8. The second-order valence-electron chi connectivity index (χ2n) is 20.9. The van der Waals surface area contributed by atoms with Gasteiger partial charge in [-0.15, -0.1) is 4.73 Å². The maximum atomic E-state index is 14.8. The molecule has 0 spiro atoms. The second-order valence-corrected chi connectivity index (χ2v) is 23.9. The molecule has 1 saturated carbocycles. The first-order valence-electron chi connectivity index (χ1n) is 23.9. The van der Waals surface area contributed by atoms with Crippen LogP contribution in [-0.4, -0.2) is 164 Å². The number of para-hydroxylation sites is 1. The number of Topliss-reactive ketones (excluding diaryl/α,β-unsaturated/α-hetero) is 1. The zero-order valence-electron chi connectivity index (χ0n) is 42.2. The van der Waals surface area contributed by atoms with Crippen molar-refractivity contribution >= 4 is 55.0 Å². The first-order chi connectivity index (χ1) is 33.0. The normalized spacial score (nSPS) is 20.1. The van der Waals surface area contributed by atoms with Crippen LogP contribution in [0.15, 0.2) is 82.9 Å². The number of allylic oxidation sites excluding steroid dienone is 2. The molecule has 21 heteroatoms. The Bertz CT molecular complexity index is 2820. The number of amides is 1. The Hall–Kier alpha value is -5.42. The quantitative estimate of drug-likeness (QED) is 0.0259. The summed E-state index contributed by atoms with van der Waals surface area (Å²) in [7, 11) is 0.797. The van der Waals surface area contributed by atoms with E-state index in [9.17, 15) is 50.5 Å². The minimum absolute atomic E-state index is 0.0561. The van der Waals surface area contributed by atoms with E-state index in [-0.39, 0.29) is 23.6 Å². The first kappa shape index (κ1) is 54.9. The van der Waals surface area contributed by atoms with Gasteiger partial charge < -0.3 is 34.7 Å². The van der Waals surface area contributed by atoms with Crippen molar-refractivity contribution in [2.24, 2.45) is 5.92 Å². The number of rotatable bonds is 23. The van der Waals surface area contributed by atoms with Crippen LogP contribution in [0, 0.1) is 5.92 Å². The van der Waals surface area contributed by atoms with Gasteiger partial charge in [0.05, 0.1) is 55.7 Å². The van der Waals surface area contributed by atoms with Crippen LogP contribution in [0.3, 0.4) is 0 Å². The molecule has 3 aromatic rings. The van der Waals surface area contributed by atoms with Gasteiger partial charge in [0.2, 0.25) is 23.4 Å². The summed E-state index contributed by atoms with van der Waals surface area (Å²) < 4.78 is 73.4. The molecule has 1 aliphatic carbocycles. The second kappa shape index (κ2) is 21.3. The largest absolute Gasteiger partial charge is 0.492 e. The van der Waals surface area contributed by atoms with E-state index in [2.05, 4.69) is 62.3 Å². The Morgan fingerprint density at radius 2 is 1.58 bits per heavy atom. The number of hydrogen-bond donors (Lipinski definition) is 6. The molecule has 71 heavy (non-hydrogen) atoms. The Kier molecular flexibility index (Phi) is 16.5. The van der Waals surface area contributed by atoms with Gasteiger partial charge in [0.1, 0.15) is 12.6 Å². The number of carbonyl (C=O) groups is 3. The summed E-state index contributed by atoms with van der Waals surface area (Å²) in [5, 5.41) is 25.4. The van der Waals surface area contributed by atoms with Gasteiger partial charge in [-0.3, -0.25) is 24.0 Å². The lowest BCUT2D eigenvalue weighted by atomic mass is 9.69. The summed E-state index contributed by atoms with van der Waals surface area (Å²) in [6.45, 7) is 10.7. The number of quaternary nitrogens is 1. The van der Waals surface area contributed by atoms with Crippen LogP contribution in [0.4, 0.5) is 11.4 Å². The Labute approximate surface area is 417 Å². The molecule has 2 aromatic carbocycles. The molecule has 1 amide bonds. The van der Waals surface area contributed by atoms with Crippen LogP contribution < -0.4 is 20.4 Å². The molecule has 6 N–H and O–H groups in total. The standard InChI is InChI=1S/C50H69N7O12S2/c1-49(2)36-17-12-13-18-40(36)55(26-15-16-28-57(7,8)9)42(49)31-35-46(34(47(35)61)30-41-50(3,4)37-29-33(71(66,67)68)20-21-39(37)54(41)6)52-38(32-70(63,64)65)48(62)51-24-27-53(5)25-14-10-11-19-45(60)69-56-43(58)22-23-44(56)59/h12-13,17-18,20-23,29-31,34,38,46,52H,10-11,14-16,19,24-28,32H2,1-9H3,(H3-,51,61,62,63,64,65,66,67,68)/p+2. The van der Waals surface area contributed by atoms with Crippen molar-refractivity contribution in [3.63, 3.8) is 0 Å². The molecule has 1 fully saturated rings. The van der Waals surface area contributed by atoms with Crippen LogP contribution in [0.2, 0.25) is 0 Å². The van der Waals surface area contributed by atoms with Gasteiger partial charge >= 0.3 is 5.97 Å². The van der Waals surface area contributed by atoms with Crippen molar-refractivity contribution in [3.8, 4) is 11.8 Å². The molecule has 3 atom stereocenters. The van der Waals surface area contributed by atoms with Gasteiger partial charge in [0, 0.05) is 91.6 Å². The molecular weight excluding hydrogens is 955 g/mol. The van der Waals surface area contributed by atoms with E-state index in [1.165, 1.54) is 24.3 Å². The number of fused-ring (bicyclic) bond motifs is 2. The summed E-state index contributed by atoms with van der Waals surface area (Å²) >= 11 is 0. The fraction of sp³-hybridized carbons (Fsp3) is 0.520. The SMILES string of the molecule is CN(CCCCCC(=O)On1c(O)ccc1O)CCNC(=O)C(CS(=O)(=O)O)NC1C(=CC2=[N+](CCCC[N+](C)(C)C)c3ccccc3C2(C)C)C(=O)C1C=C1N(C)c2ccc(S(=O)(=O)O)cc2C1(C)C. The molecule has 0 radical (unpaired) electrons. The van der Waals surface area contributed by atoms with Crippen LogP contribution in [0.5, 0.6) is 11.8 Å². The molecule has 3 aliphatic rings. The fourth-order valence-electron chi connectivity index (χ4n) is 9.81. The van der Waals surface area contributed by atoms with Crippen molar-refractivity contribution in [2.75, 3.05) is 78.6 Å². The minimum Gasteiger partial charge on any atom is -0.492 e. The number of aromatic nitrogens is 1. The van der Waals surface area contributed by atoms with Crippen LogP contribution in [-0.2, 0) is 45.4 Å². The number of ketones is 1. The number of carbonyl (C=O) groups excluding carboxylic acids is 3. The third-order valence-electron chi connectivity index (χ3n) is 13.8. The lowest BCUT2D eigenvalue weighted by Crippen LogP contribution is -2.61. The molecule has 2 aliphatic heterocycles. The van der Waals surface area contributed by atoms with Gasteiger partial charge in [-0.25, -0.2) is 4.79 Å². The lowest BCUT2D eigenvalue weighted by molar-refractivity contribution is -0.870. The van der Waals surface area contributed by atoms with E-state index in [4.69, 9.17) is 4.84 Å². The van der Waals surface area contributed by atoms with Gasteiger partial charge in [0.25, 0.3) is 20.2 Å². The van der Waals surface area contributed by atoms with Crippen molar-refractivity contribution in [1.82, 2.24) is 20.3 Å². The number of unbranched alkanes of at least 4 members (excludes halogenated alkanes) is 3. The zero-order chi connectivity index (χ0) is 52.4. The molecule has 6 rings (SSSR count). The molecular formula is C50H71N7O12S2+2. The maximum Gasteiger partial charge on any atom is 0.333 e. The van der Waals surface area contributed by atoms with Gasteiger partial charge in [-0.2, -0.15) is 21.4 Å². The van der Waals surface area contributed by atoms with Crippen molar-refractivity contribution in [3.05, 3.63) is 89.1 Å². The van der Waals surface area contributed by atoms with Crippen molar-refractivity contribution in [1.29, 1.82) is 0 Å². The third kappa shape index (κ3) is 12.8. The molecule has 0 bridgehead atoms. The Balaban J connectivity index is 1.25. The monoisotopic (exact) mass is 1030 g/mol. The molecule has 1 aromatic heterocycles. The summed E-state index contributed by atoms with van der Waals surface area (Å²) in [6.07, 6.45) is 7.36. The highest BCUT2D eigenvalue weighted by Gasteiger charge is 2.51. The Morgan fingerprint density at radius 3 is 2.23 bits per heavy atom. The van der Waals surface area contributed by atoms with E-state index in [1.807, 2.05) is 48.9 Å². The average Bonchev–Trinajstić information content (AvgIpc) is 3.77. The van der Waals surface area contributed by atoms with Crippen molar-refractivity contribution < 1.29 is 64.4 Å². The zero-order valence-corrected chi connectivity index (χ0v) is 43.8. The fourth-order valence-corrected chi connectivity index (χ4v) is 11.0. The summed E-state index contributed by atoms with van der Waals surface area (Å²) in [5.41, 5.74) is 3.76. The average molecular weight is 1030 g/mol. The Morgan fingerprint density at radius 1 is 0.901 bits per heavy atom. The van der Waals surface area contributed by atoms with Gasteiger partial charge in [-0.1, -0.05) is 44.5 Å². The molecule has 0 saturated heterocycles. The van der Waals surface area contributed by atoms with E-state index >= 15 is 0 Å². The van der Waals surface area contributed by atoms with Gasteiger partial charge in [-0.05, 0) is 64.0 Å². The third-order valence-corrected chi connectivity index (χ3v) is 15.4. The van der Waals surface area contributed by atoms with E-state index in [0.717, 1.165) is 40.8 Å². The number of hydrogen-bond acceptors (Lipinski definition) is 13. The predicted octanol–water partition coefficient (Wildman–Crippen LogP) is 3.92. The highest BCUT2D eigenvalue weighted by atomic mass is 32.2. The highest BCUT2D eigenvalue weighted by Crippen LogP contribution is 2.49. The van der Waals surface area contributed by atoms with Gasteiger partial charge in [0.15, 0.2) is 11.5 Å². The molecule has 19 nitrogen and oxygen atoms in total. The molecule has 388 valence electrons. The number of anilines is 1. The van der Waals surface area contributed by atoms with E-state index in [1.54, 1.807) is 19.2 Å². The summed E-state index contributed by atoms with van der Waals surface area (Å²) in [4.78, 5) is 49.6. The summed E-state index contributed by atoms with van der Waals surface area (Å²) in [5.74, 6) is -4.32. The highest BCUT2D eigenvalue weighted by molar-refractivity contribution is 7.86. The molecule has 3 heterocycles. The van der Waals surface area contributed by atoms with Crippen LogP contribution in [0.1, 0.15) is 77.3 Å². The summed E-state index contributed by atoms with van der Waals surface area (Å²) in [6, 6.07) is 12.4. The van der Waals surface area contributed by atoms with E-state index < -0.39 is 78.5 Å². The number of nitrogens with one attached hydrogen (secondary N) is 2. The van der Waals surface area contributed by atoms with Crippen molar-refractivity contribution in [2.45, 2.75) is 94.0 Å². The number of benzene rings is 2. The molecule has 3 unspecified atom stereocenters. The predicted molar refractivity (Wildman–Crippen MR) is 269 cm³/mol. The van der Waals surface area contributed by atoms with Crippen LogP contribution in [0.25, 0.3) is 0 Å². The first-order valence-corrected chi connectivity index (χ1v) is 26.9. The minimum atomic E-state index is -4.75. The number of likely N-dealkylation sites (N-methyl/N-ethyl adjacent to an activating group) is 2.